The quantitative estimate of drug-likeness (QED) is 0.786. The maximum absolute atomic E-state index is 14.3. The van der Waals surface area contributed by atoms with Crippen LogP contribution in [-0.2, 0) is 6.42 Å². The fraction of sp³-hybridized carbons (Fsp3) is 0.429. The van der Waals surface area contributed by atoms with Gasteiger partial charge in [0.25, 0.3) is 5.91 Å². The SMILES string of the molecule is O=C(NCC1CC1)Nc1ccc2c(c1F)CCNC2=O. The number of carbonyl (C=O) groups is 2. The van der Waals surface area contributed by atoms with Gasteiger partial charge in [-0.1, -0.05) is 0 Å². The Morgan fingerprint density at radius 3 is 2.95 bits per heavy atom. The Balaban J connectivity index is 1.73. The van der Waals surface area contributed by atoms with Gasteiger partial charge in [-0.15, -0.1) is 0 Å². The minimum atomic E-state index is -0.515. The largest absolute Gasteiger partial charge is 0.352 e. The topological polar surface area (TPSA) is 70.2 Å². The summed E-state index contributed by atoms with van der Waals surface area (Å²) in [5.41, 5.74) is 0.832. The molecular weight excluding hydrogens is 261 g/mol. The summed E-state index contributed by atoms with van der Waals surface area (Å²) in [6, 6.07) is 2.56. The highest BCUT2D eigenvalue weighted by Crippen LogP contribution is 2.28. The van der Waals surface area contributed by atoms with Crippen molar-refractivity contribution < 1.29 is 14.0 Å². The summed E-state index contributed by atoms with van der Waals surface area (Å²) in [4.78, 5) is 23.2. The van der Waals surface area contributed by atoms with Crippen LogP contribution in [0.15, 0.2) is 12.1 Å². The highest BCUT2D eigenvalue weighted by atomic mass is 19.1. The molecule has 2 aliphatic rings. The molecule has 0 radical (unpaired) electrons. The molecule has 0 spiro atoms. The number of fused-ring (bicyclic) bond motifs is 1. The van der Waals surface area contributed by atoms with E-state index in [0.29, 0.717) is 36.6 Å². The van der Waals surface area contributed by atoms with Crippen molar-refractivity contribution >= 4 is 17.6 Å². The fourth-order valence-corrected chi connectivity index (χ4v) is 2.30. The monoisotopic (exact) mass is 277 g/mol. The van der Waals surface area contributed by atoms with Crippen molar-refractivity contribution in [1.82, 2.24) is 10.6 Å². The maximum atomic E-state index is 14.3. The van der Waals surface area contributed by atoms with Gasteiger partial charge in [0.15, 0.2) is 5.82 Å². The van der Waals surface area contributed by atoms with Gasteiger partial charge in [-0.05, 0) is 37.3 Å². The van der Waals surface area contributed by atoms with Crippen molar-refractivity contribution in [3.8, 4) is 0 Å². The Hall–Kier alpha value is -2.11. The van der Waals surface area contributed by atoms with Crippen LogP contribution in [-0.4, -0.2) is 25.0 Å². The summed E-state index contributed by atoms with van der Waals surface area (Å²) in [6.07, 6.45) is 2.72. The molecule has 6 heteroatoms. The zero-order valence-corrected chi connectivity index (χ0v) is 11.0. The van der Waals surface area contributed by atoms with E-state index in [9.17, 15) is 14.0 Å². The lowest BCUT2D eigenvalue weighted by atomic mass is 9.99. The van der Waals surface area contributed by atoms with Gasteiger partial charge in [0.2, 0.25) is 0 Å². The van der Waals surface area contributed by atoms with Crippen LogP contribution in [0.25, 0.3) is 0 Å². The van der Waals surface area contributed by atoms with E-state index < -0.39 is 11.8 Å². The second kappa shape index (κ2) is 5.11. The van der Waals surface area contributed by atoms with Gasteiger partial charge in [0.1, 0.15) is 0 Å². The van der Waals surface area contributed by atoms with Gasteiger partial charge < -0.3 is 16.0 Å². The van der Waals surface area contributed by atoms with E-state index in [4.69, 9.17) is 0 Å². The molecule has 3 N–H and O–H groups in total. The van der Waals surface area contributed by atoms with Crippen molar-refractivity contribution in [2.45, 2.75) is 19.3 Å². The first-order chi connectivity index (χ1) is 9.65. The number of rotatable bonds is 3. The van der Waals surface area contributed by atoms with E-state index in [0.717, 1.165) is 12.8 Å². The highest BCUT2D eigenvalue weighted by molar-refractivity contribution is 5.98. The fourth-order valence-electron chi connectivity index (χ4n) is 2.30. The van der Waals surface area contributed by atoms with Crippen molar-refractivity contribution in [2.24, 2.45) is 5.92 Å². The minimum Gasteiger partial charge on any atom is -0.352 e. The van der Waals surface area contributed by atoms with Crippen LogP contribution in [0, 0.1) is 11.7 Å². The predicted octanol–water partition coefficient (Wildman–Crippen LogP) is 1.64. The zero-order chi connectivity index (χ0) is 14.1. The van der Waals surface area contributed by atoms with Gasteiger partial charge in [-0.3, -0.25) is 4.79 Å². The summed E-state index contributed by atoms with van der Waals surface area (Å²) in [5, 5.41) is 7.87. The molecule has 106 valence electrons. The van der Waals surface area contributed by atoms with Crippen LogP contribution in [0.1, 0.15) is 28.8 Å². The third kappa shape index (κ3) is 2.59. The lowest BCUT2D eigenvalue weighted by Gasteiger charge is -2.18. The molecule has 1 aromatic rings. The van der Waals surface area contributed by atoms with Gasteiger partial charge in [-0.25, -0.2) is 9.18 Å². The second-order valence-electron chi connectivity index (χ2n) is 5.24. The highest BCUT2D eigenvalue weighted by Gasteiger charge is 2.24. The molecule has 0 atom stereocenters. The second-order valence-corrected chi connectivity index (χ2v) is 5.24. The Bertz CT molecular complexity index is 570. The average Bonchev–Trinajstić information content (AvgIpc) is 3.25. The van der Waals surface area contributed by atoms with Crippen LogP contribution in [0.2, 0.25) is 0 Å². The molecule has 0 saturated heterocycles. The number of benzene rings is 1. The molecule has 3 amide bonds. The molecule has 5 nitrogen and oxygen atoms in total. The molecule has 1 aliphatic heterocycles. The number of halogens is 1. The summed E-state index contributed by atoms with van der Waals surface area (Å²) in [5.74, 6) is -0.216. The molecule has 1 heterocycles. The van der Waals surface area contributed by atoms with Crippen molar-refractivity contribution in [1.29, 1.82) is 0 Å². The standard InChI is InChI=1S/C14H16FN3O2/c15-12-9-5-6-16-13(19)10(9)3-4-11(12)18-14(20)17-7-8-1-2-8/h3-4,8H,1-2,5-7H2,(H,16,19)(H2,17,18,20). The van der Waals surface area contributed by atoms with E-state index in [1.807, 2.05) is 0 Å². The van der Waals surface area contributed by atoms with Crippen LogP contribution < -0.4 is 16.0 Å². The average molecular weight is 277 g/mol. The summed E-state index contributed by atoms with van der Waals surface area (Å²) >= 11 is 0. The molecule has 1 aromatic carbocycles. The molecule has 0 bridgehead atoms. The molecule has 3 rings (SSSR count). The van der Waals surface area contributed by atoms with E-state index >= 15 is 0 Å². The van der Waals surface area contributed by atoms with Crippen molar-refractivity contribution in [3.63, 3.8) is 0 Å². The minimum absolute atomic E-state index is 0.117. The van der Waals surface area contributed by atoms with E-state index in [-0.39, 0.29) is 11.6 Å². The first kappa shape index (κ1) is 12.9. The molecule has 1 saturated carbocycles. The number of amides is 3. The third-order valence-electron chi connectivity index (χ3n) is 3.64. The van der Waals surface area contributed by atoms with E-state index in [1.165, 1.54) is 6.07 Å². The molecule has 20 heavy (non-hydrogen) atoms. The van der Waals surface area contributed by atoms with Crippen molar-refractivity contribution in [2.75, 3.05) is 18.4 Å². The van der Waals surface area contributed by atoms with Crippen molar-refractivity contribution in [3.05, 3.63) is 29.1 Å². The van der Waals surface area contributed by atoms with Gasteiger partial charge in [-0.2, -0.15) is 0 Å². The number of hydrogen-bond acceptors (Lipinski definition) is 2. The lowest BCUT2D eigenvalue weighted by molar-refractivity contribution is 0.0945. The normalized spacial score (nSPS) is 17.1. The summed E-state index contributed by atoms with van der Waals surface area (Å²) < 4.78 is 14.3. The summed E-state index contributed by atoms with van der Waals surface area (Å²) in [6.45, 7) is 1.04. The van der Waals surface area contributed by atoms with E-state index in [1.54, 1.807) is 6.07 Å². The third-order valence-corrected chi connectivity index (χ3v) is 3.64. The van der Waals surface area contributed by atoms with Crippen LogP contribution >= 0.6 is 0 Å². The van der Waals surface area contributed by atoms with Gasteiger partial charge >= 0.3 is 6.03 Å². The van der Waals surface area contributed by atoms with Crippen LogP contribution in [0.3, 0.4) is 0 Å². The van der Waals surface area contributed by atoms with E-state index in [2.05, 4.69) is 16.0 Å². The first-order valence-electron chi connectivity index (χ1n) is 6.79. The Morgan fingerprint density at radius 1 is 1.40 bits per heavy atom. The molecular formula is C14H16FN3O2. The Labute approximate surface area is 115 Å². The number of hydrogen-bond donors (Lipinski definition) is 3. The lowest BCUT2D eigenvalue weighted by Crippen LogP contribution is -2.33. The maximum Gasteiger partial charge on any atom is 0.319 e. The number of anilines is 1. The Morgan fingerprint density at radius 2 is 2.20 bits per heavy atom. The van der Waals surface area contributed by atoms with Gasteiger partial charge in [0.05, 0.1) is 5.69 Å². The molecule has 0 unspecified atom stereocenters. The number of nitrogens with one attached hydrogen (secondary N) is 3. The predicted molar refractivity (Wildman–Crippen MR) is 72.2 cm³/mol. The first-order valence-corrected chi connectivity index (χ1v) is 6.79. The van der Waals surface area contributed by atoms with Crippen LogP contribution in [0.5, 0.6) is 0 Å². The summed E-state index contributed by atoms with van der Waals surface area (Å²) in [7, 11) is 0. The van der Waals surface area contributed by atoms with Crippen LogP contribution in [0.4, 0.5) is 14.9 Å². The molecule has 0 aromatic heterocycles. The molecule has 1 aliphatic carbocycles. The van der Waals surface area contributed by atoms with Gasteiger partial charge in [0, 0.05) is 24.2 Å². The number of urea groups is 1. The Kier molecular flexibility index (Phi) is 3.30. The smallest absolute Gasteiger partial charge is 0.319 e. The zero-order valence-electron chi connectivity index (χ0n) is 11.0. The number of carbonyl (C=O) groups excluding carboxylic acids is 2. The molecule has 1 fully saturated rings.